The fourth-order valence-electron chi connectivity index (χ4n) is 2.64. The first-order valence-electron chi connectivity index (χ1n) is 8.50. The molecule has 0 atom stereocenters. The van der Waals surface area contributed by atoms with Gasteiger partial charge in [0.1, 0.15) is 22.9 Å². The second kappa shape index (κ2) is 8.47. The Labute approximate surface area is 164 Å². The molecule has 0 saturated carbocycles. The van der Waals surface area contributed by atoms with Crippen LogP contribution < -0.4 is 10.3 Å². The number of rotatable bonds is 6. The molecule has 29 heavy (non-hydrogen) atoms. The van der Waals surface area contributed by atoms with Gasteiger partial charge in [-0.3, -0.25) is 4.79 Å². The number of carbonyl (C=O) groups is 1. The summed E-state index contributed by atoms with van der Waals surface area (Å²) in [7, 11) is 1.52. The van der Waals surface area contributed by atoms with Crippen molar-refractivity contribution >= 4 is 12.0 Å². The van der Waals surface area contributed by atoms with E-state index >= 15 is 0 Å². The molecule has 2 aromatic carbocycles. The Bertz CT molecular complexity index is 1140. The van der Waals surface area contributed by atoms with E-state index in [2.05, 4.69) is 5.10 Å². The molecule has 0 radical (unpaired) electrons. The molecular formula is C21H16F2N2O4. The molecule has 0 bridgehead atoms. The number of aromatic carboxylic acids is 1. The number of nitrogens with zero attached hydrogens (tertiary/aromatic N) is 2. The van der Waals surface area contributed by atoms with Crippen molar-refractivity contribution in [2.45, 2.75) is 6.54 Å². The minimum absolute atomic E-state index is 0.0973. The van der Waals surface area contributed by atoms with Crippen LogP contribution in [0.15, 0.2) is 59.4 Å². The summed E-state index contributed by atoms with van der Waals surface area (Å²) in [6.07, 6.45) is 2.80. The lowest BCUT2D eigenvalue weighted by atomic mass is 10.1. The lowest BCUT2D eigenvalue weighted by Crippen LogP contribution is -2.28. The molecule has 3 aromatic rings. The molecule has 0 unspecified atom stereocenters. The molecule has 1 N–H and O–H groups in total. The summed E-state index contributed by atoms with van der Waals surface area (Å²) < 4.78 is 32.7. The Kier molecular flexibility index (Phi) is 5.82. The van der Waals surface area contributed by atoms with E-state index in [1.807, 2.05) is 0 Å². The van der Waals surface area contributed by atoms with Gasteiger partial charge in [0.2, 0.25) is 0 Å². The second-order valence-electron chi connectivity index (χ2n) is 6.03. The molecule has 1 aromatic heterocycles. The van der Waals surface area contributed by atoms with Crippen LogP contribution in [0.2, 0.25) is 0 Å². The van der Waals surface area contributed by atoms with Crippen LogP contribution in [0.1, 0.15) is 15.9 Å². The number of carboxylic acids is 1. The van der Waals surface area contributed by atoms with E-state index in [0.717, 1.165) is 16.8 Å². The lowest BCUT2D eigenvalue weighted by Gasteiger charge is -2.08. The van der Waals surface area contributed by atoms with Gasteiger partial charge >= 0.3 is 5.97 Å². The molecule has 3 rings (SSSR count). The van der Waals surface area contributed by atoms with Gasteiger partial charge in [0.15, 0.2) is 0 Å². The largest absolute Gasteiger partial charge is 0.497 e. The quantitative estimate of drug-likeness (QED) is 0.686. The van der Waals surface area contributed by atoms with Gasteiger partial charge in [-0.25, -0.2) is 18.3 Å². The molecule has 0 saturated heterocycles. The number of halogens is 2. The van der Waals surface area contributed by atoms with Gasteiger partial charge < -0.3 is 9.84 Å². The monoisotopic (exact) mass is 398 g/mol. The maximum absolute atomic E-state index is 13.7. The Morgan fingerprint density at radius 1 is 1.17 bits per heavy atom. The van der Waals surface area contributed by atoms with Gasteiger partial charge in [-0.1, -0.05) is 12.2 Å². The zero-order valence-corrected chi connectivity index (χ0v) is 15.3. The minimum Gasteiger partial charge on any atom is -0.497 e. The Morgan fingerprint density at radius 3 is 2.52 bits per heavy atom. The first-order valence-corrected chi connectivity index (χ1v) is 8.50. The van der Waals surface area contributed by atoms with Crippen LogP contribution in [0.4, 0.5) is 8.78 Å². The van der Waals surface area contributed by atoms with Gasteiger partial charge in [0, 0.05) is 17.2 Å². The van der Waals surface area contributed by atoms with E-state index in [1.165, 1.54) is 31.4 Å². The third kappa shape index (κ3) is 4.55. The normalized spacial score (nSPS) is 11.0. The zero-order chi connectivity index (χ0) is 21.0. The summed E-state index contributed by atoms with van der Waals surface area (Å²) in [5, 5.41) is 13.5. The molecule has 6 nitrogen and oxygen atoms in total. The fourth-order valence-corrected chi connectivity index (χ4v) is 2.64. The molecule has 148 valence electrons. The summed E-state index contributed by atoms with van der Waals surface area (Å²) in [6.45, 7) is -0.0973. The summed E-state index contributed by atoms with van der Waals surface area (Å²) in [4.78, 5) is 23.9. The molecule has 8 heteroatoms. The highest BCUT2D eigenvalue weighted by Crippen LogP contribution is 2.20. The Morgan fingerprint density at radius 2 is 1.90 bits per heavy atom. The number of methoxy groups -OCH3 is 1. The average Bonchev–Trinajstić information content (AvgIpc) is 2.70. The van der Waals surface area contributed by atoms with E-state index < -0.39 is 28.7 Å². The number of hydrogen-bond donors (Lipinski definition) is 1. The highest BCUT2D eigenvalue weighted by Gasteiger charge is 2.15. The maximum atomic E-state index is 13.7. The first-order chi connectivity index (χ1) is 13.9. The van der Waals surface area contributed by atoms with E-state index in [1.54, 1.807) is 24.3 Å². The van der Waals surface area contributed by atoms with Crippen LogP contribution in [0, 0.1) is 11.6 Å². The molecule has 0 amide bonds. The summed E-state index contributed by atoms with van der Waals surface area (Å²) >= 11 is 0. The molecule has 0 aliphatic heterocycles. The van der Waals surface area contributed by atoms with Crippen molar-refractivity contribution in [1.82, 2.24) is 9.78 Å². The van der Waals surface area contributed by atoms with Gasteiger partial charge in [0.25, 0.3) is 5.56 Å². The third-order valence-electron chi connectivity index (χ3n) is 4.13. The van der Waals surface area contributed by atoms with Crippen LogP contribution in [-0.4, -0.2) is 28.0 Å². The van der Waals surface area contributed by atoms with Crippen LogP contribution in [0.25, 0.3) is 17.3 Å². The standard InChI is InChI=1S/C21H16F2N2O4/c1-29-16-8-5-14(6-9-16)19-12-17(21(27)28)20(26)25(24-19)10-2-3-13-4-7-15(22)11-18(13)23/h2-9,11-12H,10H2,1H3,(H,27,28)/b3-2+. The van der Waals surface area contributed by atoms with Crippen LogP contribution in [0.5, 0.6) is 5.75 Å². The predicted octanol–water partition coefficient (Wildman–Crippen LogP) is 3.61. The number of carboxylic acid groups (broad SMARTS) is 1. The molecule has 0 fully saturated rings. The zero-order valence-electron chi connectivity index (χ0n) is 15.3. The number of aromatic nitrogens is 2. The summed E-state index contributed by atoms with van der Waals surface area (Å²) in [5.74, 6) is -2.21. The molecule has 0 aliphatic rings. The highest BCUT2D eigenvalue weighted by atomic mass is 19.1. The van der Waals surface area contributed by atoms with E-state index in [9.17, 15) is 23.5 Å². The molecular weight excluding hydrogens is 382 g/mol. The summed E-state index contributed by atoms with van der Waals surface area (Å²) in [5.41, 5.74) is -0.225. The Hall–Kier alpha value is -3.81. The van der Waals surface area contributed by atoms with E-state index in [-0.39, 0.29) is 17.8 Å². The average molecular weight is 398 g/mol. The second-order valence-corrected chi connectivity index (χ2v) is 6.03. The van der Waals surface area contributed by atoms with Crippen molar-refractivity contribution < 1.29 is 23.4 Å². The van der Waals surface area contributed by atoms with Crippen LogP contribution >= 0.6 is 0 Å². The Balaban J connectivity index is 1.96. The molecule has 0 spiro atoms. The number of allylic oxidation sites excluding steroid dienone is 1. The maximum Gasteiger partial charge on any atom is 0.341 e. The van der Waals surface area contributed by atoms with E-state index in [4.69, 9.17) is 4.74 Å². The van der Waals surface area contributed by atoms with Crippen molar-refractivity contribution in [1.29, 1.82) is 0 Å². The van der Waals surface area contributed by atoms with Gasteiger partial charge in [-0.2, -0.15) is 5.10 Å². The highest BCUT2D eigenvalue weighted by molar-refractivity contribution is 5.88. The third-order valence-corrected chi connectivity index (χ3v) is 4.13. The SMILES string of the molecule is COc1ccc(-c2cc(C(=O)O)c(=O)n(C/C=C/c3ccc(F)cc3F)n2)cc1. The molecule has 0 aliphatic carbocycles. The minimum atomic E-state index is -1.38. The molecule has 1 heterocycles. The predicted molar refractivity (Wildman–Crippen MR) is 103 cm³/mol. The smallest absolute Gasteiger partial charge is 0.341 e. The number of benzene rings is 2. The van der Waals surface area contributed by atoms with Gasteiger partial charge in [-0.05, 0) is 42.5 Å². The van der Waals surface area contributed by atoms with Crippen molar-refractivity contribution in [2.24, 2.45) is 0 Å². The first kappa shape index (κ1) is 19.9. The van der Waals surface area contributed by atoms with Crippen LogP contribution in [-0.2, 0) is 6.54 Å². The van der Waals surface area contributed by atoms with Crippen LogP contribution in [0.3, 0.4) is 0 Å². The summed E-state index contributed by atoms with van der Waals surface area (Å²) in [6, 6.07) is 11.1. The lowest BCUT2D eigenvalue weighted by molar-refractivity contribution is 0.0694. The van der Waals surface area contributed by atoms with E-state index in [0.29, 0.717) is 11.3 Å². The fraction of sp³-hybridized carbons (Fsp3) is 0.0952. The van der Waals surface area contributed by atoms with Crippen molar-refractivity contribution in [3.8, 4) is 17.0 Å². The van der Waals surface area contributed by atoms with Gasteiger partial charge in [0.05, 0.1) is 19.3 Å². The van der Waals surface area contributed by atoms with Crippen molar-refractivity contribution in [3.63, 3.8) is 0 Å². The topological polar surface area (TPSA) is 81.4 Å². The van der Waals surface area contributed by atoms with Gasteiger partial charge in [-0.15, -0.1) is 0 Å². The number of ether oxygens (including phenoxy) is 1. The number of hydrogen-bond acceptors (Lipinski definition) is 4. The van der Waals surface area contributed by atoms with Crippen molar-refractivity contribution in [3.05, 3.63) is 87.7 Å². The van der Waals surface area contributed by atoms with Crippen molar-refractivity contribution in [2.75, 3.05) is 7.11 Å².